The van der Waals surface area contributed by atoms with Gasteiger partial charge in [-0.05, 0) is 46.5 Å². The van der Waals surface area contributed by atoms with E-state index in [0.29, 0.717) is 16.5 Å². The van der Waals surface area contributed by atoms with Gasteiger partial charge in [-0.1, -0.05) is 68.9 Å². The van der Waals surface area contributed by atoms with E-state index in [0.717, 1.165) is 16.9 Å². The molecule has 2 heterocycles. The quantitative estimate of drug-likeness (QED) is 0.427. The van der Waals surface area contributed by atoms with E-state index in [2.05, 4.69) is 41.6 Å². The van der Waals surface area contributed by atoms with Crippen LogP contribution in [0.2, 0.25) is 0 Å². The minimum absolute atomic E-state index is 0.0948. The number of carbonyl (C=O) groups is 1. The summed E-state index contributed by atoms with van der Waals surface area (Å²) in [5, 5.41) is 15.2. The highest BCUT2D eigenvalue weighted by molar-refractivity contribution is 7.99. The average Bonchev–Trinajstić information content (AvgIpc) is 3.34. The molecule has 34 heavy (non-hydrogen) atoms. The minimum atomic E-state index is -0.246. The van der Waals surface area contributed by atoms with Gasteiger partial charge in [-0.25, -0.2) is 4.68 Å². The third kappa shape index (κ3) is 4.54. The number of nitrogens with zero attached hydrogens (tertiary/aromatic N) is 6. The highest BCUT2D eigenvalue weighted by Gasteiger charge is 2.23. The molecule has 10 heteroatoms. The maximum absolute atomic E-state index is 13.3. The van der Waals surface area contributed by atoms with Crippen LogP contribution in [0, 0.1) is 6.92 Å². The first-order valence-electron chi connectivity index (χ1n) is 10.8. The van der Waals surface area contributed by atoms with Gasteiger partial charge in [0.2, 0.25) is 11.1 Å². The molecule has 0 radical (unpaired) electrons. The number of thioether (sulfide) groups is 1. The number of benzene rings is 2. The van der Waals surface area contributed by atoms with E-state index in [1.165, 1.54) is 16.4 Å². The second kappa shape index (κ2) is 9.30. The summed E-state index contributed by atoms with van der Waals surface area (Å²) in [5.41, 5.74) is 3.27. The van der Waals surface area contributed by atoms with Gasteiger partial charge in [-0.3, -0.25) is 14.3 Å². The predicted molar refractivity (Wildman–Crippen MR) is 133 cm³/mol. The summed E-state index contributed by atoms with van der Waals surface area (Å²) in [6, 6.07) is 17.1. The number of para-hydroxylation sites is 2. The normalized spacial score (nSPS) is 11.6. The van der Waals surface area contributed by atoms with Gasteiger partial charge in [0.15, 0.2) is 5.69 Å². The first kappa shape index (κ1) is 23.5. The summed E-state index contributed by atoms with van der Waals surface area (Å²) >= 11 is 1.17. The maximum Gasteiger partial charge on any atom is 0.297 e. The first-order chi connectivity index (χ1) is 16.2. The highest BCUT2D eigenvalue weighted by atomic mass is 32.2. The molecule has 2 aromatic heterocycles. The smallest absolute Gasteiger partial charge is 0.297 e. The Morgan fingerprint density at radius 3 is 2.44 bits per heavy atom. The number of nitrogens with one attached hydrogen (secondary N) is 1. The summed E-state index contributed by atoms with van der Waals surface area (Å²) in [5.74, 6) is -0.0832. The van der Waals surface area contributed by atoms with Gasteiger partial charge in [0.25, 0.3) is 5.56 Å². The zero-order valence-electron chi connectivity index (χ0n) is 19.8. The van der Waals surface area contributed by atoms with E-state index in [-0.39, 0.29) is 22.6 Å². The minimum Gasteiger partial charge on any atom is -0.325 e. The van der Waals surface area contributed by atoms with Crippen LogP contribution in [-0.4, -0.2) is 41.2 Å². The Morgan fingerprint density at radius 1 is 1.06 bits per heavy atom. The summed E-state index contributed by atoms with van der Waals surface area (Å²) in [7, 11) is 1.81. The van der Waals surface area contributed by atoms with E-state index in [9.17, 15) is 9.59 Å². The van der Waals surface area contributed by atoms with Crippen LogP contribution in [0.25, 0.3) is 11.4 Å². The molecule has 0 spiro atoms. The molecule has 0 saturated heterocycles. The van der Waals surface area contributed by atoms with E-state index < -0.39 is 0 Å². The van der Waals surface area contributed by atoms with E-state index in [1.54, 1.807) is 9.36 Å². The zero-order chi connectivity index (χ0) is 24.5. The highest BCUT2D eigenvalue weighted by Crippen LogP contribution is 2.29. The third-order valence-corrected chi connectivity index (χ3v) is 6.44. The van der Waals surface area contributed by atoms with Crippen LogP contribution in [0.5, 0.6) is 0 Å². The van der Waals surface area contributed by atoms with Crippen molar-refractivity contribution in [2.75, 3.05) is 11.1 Å². The number of amides is 1. The van der Waals surface area contributed by atoms with Crippen LogP contribution in [0.4, 0.5) is 5.69 Å². The monoisotopic (exact) mass is 477 g/mol. The Morgan fingerprint density at radius 2 is 1.74 bits per heavy atom. The van der Waals surface area contributed by atoms with Crippen LogP contribution in [0.1, 0.15) is 32.0 Å². The lowest BCUT2D eigenvalue weighted by Gasteiger charge is -2.22. The average molecular weight is 478 g/mol. The SMILES string of the molecule is Cc1c(-n2nnnc2SCC(=O)Nc2ccccc2C(C)(C)C)c(=O)n(-c2ccccc2)n1C. The van der Waals surface area contributed by atoms with Crippen molar-refractivity contribution in [1.82, 2.24) is 29.6 Å². The van der Waals surface area contributed by atoms with Gasteiger partial charge in [-0.15, -0.1) is 5.10 Å². The largest absolute Gasteiger partial charge is 0.325 e. The second-order valence-electron chi connectivity index (χ2n) is 8.92. The van der Waals surface area contributed by atoms with E-state index in [1.807, 2.05) is 68.6 Å². The number of anilines is 1. The second-order valence-corrected chi connectivity index (χ2v) is 9.86. The summed E-state index contributed by atoms with van der Waals surface area (Å²) in [4.78, 5) is 26.0. The molecule has 0 bridgehead atoms. The fraction of sp³-hybridized carbons (Fsp3) is 0.292. The third-order valence-electron chi connectivity index (χ3n) is 5.52. The Bertz CT molecular complexity index is 1380. The predicted octanol–water partition coefficient (Wildman–Crippen LogP) is 3.49. The molecule has 176 valence electrons. The molecular weight excluding hydrogens is 450 g/mol. The van der Waals surface area contributed by atoms with E-state index >= 15 is 0 Å². The first-order valence-corrected chi connectivity index (χ1v) is 11.8. The lowest BCUT2D eigenvalue weighted by atomic mass is 9.86. The molecule has 1 N–H and O–H groups in total. The molecule has 0 aliphatic rings. The van der Waals surface area contributed by atoms with Gasteiger partial charge >= 0.3 is 0 Å². The fourth-order valence-electron chi connectivity index (χ4n) is 3.77. The molecule has 4 rings (SSSR count). The van der Waals surface area contributed by atoms with Crippen LogP contribution in [0.15, 0.2) is 64.5 Å². The van der Waals surface area contributed by atoms with Crippen molar-refractivity contribution in [2.45, 2.75) is 38.3 Å². The molecule has 0 aliphatic heterocycles. The van der Waals surface area contributed by atoms with Gasteiger partial charge in [-0.2, -0.15) is 4.68 Å². The molecule has 0 atom stereocenters. The molecule has 0 aliphatic carbocycles. The molecule has 2 aromatic carbocycles. The Labute approximate surface area is 201 Å². The van der Waals surface area contributed by atoms with Gasteiger partial charge in [0, 0.05) is 12.7 Å². The molecule has 0 saturated carbocycles. The van der Waals surface area contributed by atoms with Crippen molar-refractivity contribution in [2.24, 2.45) is 7.05 Å². The van der Waals surface area contributed by atoms with Crippen LogP contribution in [0.3, 0.4) is 0 Å². The van der Waals surface area contributed by atoms with Crippen molar-refractivity contribution >= 4 is 23.4 Å². The van der Waals surface area contributed by atoms with Crippen LogP contribution in [-0.2, 0) is 17.3 Å². The molecule has 0 fully saturated rings. The van der Waals surface area contributed by atoms with Gasteiger partial charge < -0.3 is 5.32 Å². The van der Waals surface area contributed by atoms with Crippen molar-refractivity contribution in [1.29, 1.82) is 0 Å². The standard InChI is InChI=1S/C24H27N7O2S/c1-16-21(22(33)31(29(16)5)17-11-7-6-8-12-17)30-23(26-27-28-30)34-15-20(32)25-19-14-10-9-13-18(19)24(2,3)4/h6-14H,15H2,1-5H3,(H,25,32). The number of hydrogen-bond donors (Lipinski definition) is 1. The molecule has 1 amide bonds. The maximum atomic E-state index is 13.3. The van der Waals surface area contributed by atoms with Crippen molar-refractivity contribution < 1.29 is 4.79 Å². The van der Waals surface area contributed by atoms with Crippen molar-refractivity contribution in [3.8, 4) is 11.4 Å². The lowest BCUT2D eigenvalue weighted by molar-refractivity contribution is -0.113. The number of tetrazole rings is 1. The number of carbonyl (C=O) groups excluding carboxylic acids is 1. The summed E-state index contributed by atoms with van der Waals surface area (Å²) in [6.07, 6.45) is 0. The Hall–Kier alpha value is -3.66. The van der Waals surface area contributed by atoms with Crippen LogP contribution < -0.4 is 10.9 Å². The number of aromatic nitrogens is 6. The Balaban J connectivity index is 1.57. The molecule has 9 nitrogen and oxygen atoms in total. The zero-order valence-corrected chi connectivity index (χ0v) is 20.6. The molecule has 0 unspecified atom stereocenters. The van der Waals surface area contributed by atoms with Gasteiger partial charge in [0.1, 0.15) is 0 Å². The van der Waals surface area contributed by atoms with Gasteiger partial charge in [0.05, 0.1) is 17.1 Å². The summed E-state index contributed by atoms with van der Waals surface area (Å²) < 4.78 is 4.73. The van der Waals surface area contributed by atoms with Crippen molar-refractivity contribution in [3.63, 3.8) is 0 Å². The van der Waals surface area contributed by atoms with Crippen molar-refractivity contribution in [3.05, 3.63) is 76.2 Å². The summed E-state index contributed by atoms with van der Waals surface area (Å²) in [6.45, 7) is 8.14. The Kier molecular flexibility index (Phi) is 6.43. The van der Waals surface area contributed by atoms with E-state index in [4.69, 9.17) is 0 Å². The topological polar surface area (TPSA) is 99.6 Å². The fourth-order valence-corrected chi connectivity index (χ4v) is 4.45. The van der Waals surface area contributed by atoms with Crippen LogP contribution >= 0.6 is 11.8 Å². The molecular formula is C24H27N7O2S. The number of hydrogen-bond acceptors (Lipinski definition) is 6. The lowest BCUT2D eigenvalue weighted by Crippen LogP contribution is -2.22. The molecule has 4 aromatic rings. The number of rotatable bonds is 6.